The monoisotopic (exact) mass is 257 g/mol. The number of ether oxygens (including phenoxy) is 1. The van der Waals surface area contributed by atoms with Gasteiger partial charge in [0.2, 0.25) is 0 Å². The minimum atomic E-state index is 0.789. The molecule has 0 spiro atoms. The maximum Gasteiger partial charge on any atom is 0.137 e. The minimum Gasteiger partial charge on any atom is -0.497 e. The van der Waals surface area contributed by atoms with Crippen LogP contribution in [0.2, 0.25) is 0 Å². The van der Waals surface area contributed by atoms with Crippen molar-refractivity contribution in [1.29, 1.82) is 0 Å². The molecular formula is C15H19N3O. The quantitative estimate of drug-likeness (QED) is 0.893. The molecule has 0 fully saturated rings. The van der Waals surface area contributed by atoms with E-state index in [1.54, 1.807) is 7.11 Å². The number of aromatic nitrogens is 1. The molecule has 4 nitrogen and oxygen atoms in total. The van der Waals surface area contributed by atoms with Gasteiger partial charge in [-0.3, -0.25) is 0 Å². The Morgan fingerprint density at radius 1 is 1.26 bits per heavy atom. The Balaban J connectivity index is 2.35. The van der Waals surface area contributed by atoms with Crippen molar-refractivity contribution in [3.05, 3.63) is 48.2 Å². The molecule has 1 aromatic heterocycles. The zero-order valence-electron chi connectivity index (χ0n) is 11.6. The SMILES string of the molecule is CNCc1cccnc1N(C)c1cccc(OC)c1. The van der Waals surface area contributed by atoms with Gasteiger partial charge in [-0.15, -0.1) is 0 Å². The van der Waals surface area contributed by atoms with Crippen LogP contribution in [0.5, 0.6) is 5.75 Å². The van der Waals surface area contributed by atoms with Crippen LogP contribution in [0.4, 0.5) is 11.5 Å². The number of nitrogens with zero attached hydrogens (tertiary/aromatic N) is 2. The summed E-state index contributed by atoms with van der Waals surface area (Å²) in [6.45, 7) is 0.789. The van der Waals surface area contributed by atoms with E-state index < -0.39 is 0 Å². The standard InChI is InChI=1S/C15H19N3O/c1-16-11-12-6-5-9-17-15(12)18(2)13-7-4-8-14(10-13)19-3/h4-10,16H,11H2,1-3H3. The molecule has 0 bridgehead atoms. The third kappa shape index (κ3) is 3.03. The molecule has 19 heavy (non-hydrogen) atoms. The largest absolute Gasteiger partial charge is 0.497 e. The molecule has 0 atom stereocenters. The second-order valence-corrected chi connectivity index (χ2v) is 4.28. The molecule has 0 aliphatic heterocycles. The first-order valence-corrected chi connectivity index (χ1v) is 6.22. The van der Waals surface area contributed by atoms with E-state index in [-0.39, 0.29) is 0 Å². The Morgan fingerprint density at radius 2 is 2.11 bits per heavy atom. The molecular weight excluding hydrogens is 238 g/mol. The first kappa shape index (κ1) is 13.4. The highest BCUT2D eigenvalue weighted by Gasteiger charge is 2.10. The highest BCUT2D eigenvalue weighted by Crippen LogP contribution is 2.27. The van der Waals surface area contributed by atoms with Crippen molar-refractivity contribution in [2.45, 2.75) is 6.54 Å². The fourth-order valence-electron chi connectivity index (χ4n) is 2.00. The number of rotatable bonds is 5. The van der Waals surface area contributed by atoms with Gasteiger partial charge in [0, 0.05) is 37.1 Å². The summed E-state index contributed by atoms with van der Waals surface area (Å²) in [5.74, 6) is 1.79. The van der Waals surface area contributed by atoms with Crippen LogP contribution in [0, 0.1) is 0 Å². The third-order valence-electron chi connectivity index (χ3n) is 2.99. The normalized spacial score (nSPS) is 10.3. The summed E-state index contributed by atoms with van der Waals surface area (Å²) in [6, 6.07) is 12.0. The molecule has 0 aliphatic carbocycles. The molecule has 2 aromatic rings. The Hall–Kier alpha value is -2.07. The summed E-state index contributed by atoms with van der Waals surface area (Å²) in [5, 5.41) is 3.16. The average Bonchev–Trinajstić information content (AvgIpc) is 2.47. The third-order valence-corrected chi connectivity index (χ3v) is 2.99. The van der Waals surface area contributed by atoms with Gasteiger partial charge in [0.1, 0.15) is 11.6 Å². The lowest BCUT2D eigenvalue weighted by atomic mass is 10.2. The van der Waals surface area contributed by atoms with E-state index in [1.807, 2.05) is 50.6 Å². The van der Waals surface area contributed by atoms with E-state index in [9.17, 15) is 0 Å². The molecule has 1 heterocycles. The zero-order valence-corrected chi connectivity index (χ0v) is 11.6. The van der Waals surface area contributed by atoms with Gasteiger partial charge in [0.05, 0.1) is 7.11 Å². The summed E-state index contributed by atoms with van der Waals surface area (Å²) >= 11 is 0. The van der Waals surface area contributed by atoms with Crippen LogP contribution in [0.15, 0.2) is 42.6 Å². The van der Waals surface area contributed by atoms with Crippen LogP contribution < -0.4 is 15.0 Å². The molecule has 0 saturated carbocycles. The van der Waals surface area contributed by atoms with E-state index in [4.69, 9.17) is 4.74 Å². The molecule has 1 aromatic carbocycles. The summed E-state index contributed by atoms with van der Waals surface area (Å²) in [7, 11) is 5.62. The first-order chi connectivity index (χ1) is 9.26. The van der Waals surface area contributed by atoms with Crippen molar-refractivity contribution in [2.24, 2.45) is 0 Å². The lowest BCUT2D eigenvalue weighted by Gasteiger charge is -2.21. The maximum absolute atomic E-state index is 5.26. The van der Waals surface area contributed by atoms with E-state index in [0.29, 0.717) is 0 Å². The number of anilines is 2. The van der Waals surface area contributed by atoms with Gasteiger partial charge in [-0.2, -0.15) is 0 Å². The predicted octanol–water partition coefficient (Wildman–Crippen LogP) is 2.58. The number of hydrogen-bond donors (Lipinski definition) is 1. The summed E-state index contributed by atoms with van der Waals surface area (Å²) < 4.78 is 5.26. The zero-order chi connectivity index (χ0) is 13.7. The van der Waals surface area contributed by atoms with Crippen molar-refractivity contribution >= 4 is 11.5 Å². The van der Waals surface area contributed by atoms with Crippen LogP contribution in [-0.2, 0) is 6.54 Å². The Labute approximate surface area is 114 Å². The van der Waals surface area contributed by atoms with Crippen molar-refractivity contribution in [3.63, 3.8) is 0 Å². The molecule has 100 valence electrons. The van der Waals surface area contributed by atoms with E-state index >= 15 is 0 Å². The van der Waals surface area contributed by atoms with Crippen molar-refractivity contribution in [3.8, 4) is 5.75 Å². The van der Waals surface area contributed by atoms with Gasteiger partial charge >= 0.3 is 0 Å². The first-order valence-electron chi connectivity index (χ1n) is 6.22. The number of nitrogens with one attached hydrogen (secondary N) is 1. The minimum absolute atomic E-state index is 0.789. The molecule has 4 heteroatoms. The van der Waals surface area contributed by atoms with Crippen LogP contribution in [0.3, 0.4) is 0 Å². The van der Waals surface area contributed by atoms with Crippen LogP contribution >= 0.6 is 0 Å². The highest BCUT2D eigenvalue weighted by atomic mass is 16.5. The smallest absolute Gasteiger partial charge is 0.137 e. The Bertz CT molecular complexity index is 542. The van der Waals surface area contributed by atoms with E-state index in [0.717, 1.165) is 29.4 Å². The van der Waals surface area contributed by atoms with Crippen LogP contribution in [-0.4, -0.2) is 26.2 Å². The van der Waals surface area contributed by atoms with Crippen molar-refractivity contribution in [1.82, 2.24) is 10.3 Å². The number of hydrogen-bond acceptors (Lipinski definition) is 4. The molecule has 0 saturated heterocycles. The number of benzene rings is 1. The fraction of sp³-hybridized carbons (Fsp3) is 0.267. The topological polar surface area (TPSA) is 37.4 Å². The maximum atomic E-state index is 5.26. The number of pyridine rings is 1. The second-order valence-electron chi connectivity index (χ2n) is 4.28. The van der Waals surface area contributed by atoms with Crippen LogP contribution in [0.25, 0.3) is 0 Å². The predicted molar refractivity (Wildman–Crippen MR) is 78.1 cm³/mol. The van der Waals surface area contributed by atoms with Gasteiger partial charge in [0.15, 0.2) is 0 Å². The van der Waals surface area contributed by atoms with Gasteiger partial charge in [0.25, 0.3) is 0 Å². The molecule has 2 rings (SSSR count). The van der Waals surface area contributed by atoms with Gasteiger partial charge in [-0.25, -0.2) is 4.98 Å². The molecule has 0 radical (unpaired) electrons. The van der Waals surface area contributed by atoms with Crippen molar-refractivity contribution < 1.29 is 4.74 Å². The lowest BCUT2D eigenvalue weighted by Crippen LogP contribution is -2.16. The fourth-order valence-corrected chi connectivity index (χ4v) is 2.00. The van der Waals surface area contributed by atoms with Gasteiger partial charge in [-0.05, 0) is 25.2 Å². The number of methoxy groups -OCH3 is 1. The molecule has 0 amide bonds. The van der Waals surface area contributed by atoms with Crippen LogP contribution in [0.1, 0.15) is 5.56 Å². The van der Waals surface area contributed by atoms with Crippen molar-refractivity contribution in [2.75, 3.05) is 26.1 Å². The average molecular weight is 257 g/mol. The molecule has 0 aliphatic rings. The summed E-state index contributed by atoms with van der Waals surface area (Å²) in [6.07, 6.45) is 1.81. The molecule has 0 unspecified atom stereocenters. The second kappa shape index (κ2) is 6.20. The lowest BCUT2D eigenvalue weighted by molar-refractivity contribution is 0.415. The molecule has 1 N–H and O–H groups in total. The highest BCUT2D eigenvalue weighted by molar-refractivity contribution is 5.63. The van der Waals surface area contributed by atoms with E-state index in [1.165, 1.54) is 0 Å². The van der Waals surface area contributed by atoms with E-state index in [2.05, 4.69) is 21.3 Å². The summed E-state index contributed by atoms with van der Waals surface area (Å²) in [4.78, 5) is 6.54. The van der Waals surface area contributed by atoms with Gasteiger partial charge < -0.3 is 15.0 Å². The Morgan fingerprint density at radius 3 is 2.84 bits per heavy atom. The Kier molecular flexibility index (Phi) is 4.36. The summed E-state index contributed by atoms with van der Waals surface area (Å²) in [5.41, 5.74) is 2.21. The van der Waals surface area contributed by atoms with Gasteiger partial charge in [-0.1, -0.05) is 12.1 Å².